The first kappa shape index (κ1) is 38.2. The fourth-order valence-electron chi connectivity index (χ4n) is 10.1. The molecule has 1 aliphatic carbocycles. The maximum Gasteiger partial charge on any atom is 0.164 e. The average molecular weight is 828 g/mol. The van der Waals surface area contributed by atoms with Crippen LogP contribution in [0.15, 0.2) is 249 Å². The smallest absolute Gasteiger partial charge is 0.164 e. The third-order valence-electron chi connectivity index (χ3n) is 13.1. The Hall–Kier alpha value is -8.53. The van der Waals surface area contributed by atoms with E-state index in [1.807, 2.05) is 24.3 Å². The number of hydrogen-bond acceptors (Lipinski definition) is 3. The first-order chi connectivity index (χ1) is 32.2. The van der Waals surface area contributed by atoms with Gasteiger partial charge in [0.25, 0.3) is 0 Å². The second-order valence-electron chi connectivity index (χ2n) is 16.7. The summed E-state index contributed by atoms with van der Waals surface area (Å²) >= 11 is 0. The van der Waals surface area contributed by atoms with Crippen molar-refractivity contribution in [3.05, 3.63) is 271 Å². The zero-order chi connectivity index (χ0) is 43.2. The third-order valence-corrected chi connectivity index (χ3v) is 13.1. The highest BCUT2D eigenvalue weighted by Gasteiger charge is 2.46. The van der Waals surface area contributed by atoms with E-state index in [0.29, 0.717) is 17.5 Å². The molecule has 0 radical (unpaired) electrons. The molecule has 0 saturated heterocycles. The first-order valence-electron chi connectivity index (χ1n) is 22.2. The Morgan fingerprint density at radius 3 is 1.28 bits per heavy atom. The maximum absolute atomic E-state index is 5.12. The molecule has 3 heteroatoms. The van der Waals surface area contributed by atoms with E-state index < -0.39 is 5.41 Å². The summed E-state index contributed by atoms with van der Waals surface area (Å²) in [6.45, 7) is 0. The first-order valence-corrected chi connectivity index (χ1v) is 22.2. The van der Waals surface area contributed by atoms with Crippen LogP contribution in [0.1, 0.15) is 22.3 Å². The van der Waals surface area contributed by atoms with Gasteiger partial charge >= 0.3 is 0 Å². The Kier molecular flexibility index (Phi) is 9.39. The molecule has 0 spiro atoms. The molecule has 0 atom stereocenters. The van der Waals surface area contributed by atoms with Crippen LogP contribution < -0.4 is 0 Å². The van der Waals surface area contributed by atoms with Gasteiger partial charge in [-0.2, -0.15) is 0 Å². The largest absolute Gasteiger partial charge is 0.208 e. The molecule has 0 N–H and O–H groups in total. The molecule has 1 aliphatic rings. The zero-order valence-corrected chi connectivity index (χ0v) is 35.5. The van der Waals surface area contributed by atoms with E-state index in [-0.39, 0.29) is 0 Å². The van der Waals surface area contributed by atoms with Gasteiger partial charge in [-0.15, -0.1) is 0 Å². The predicted molar refractivity (Wildman–Crippen MR) is 267 cm³/mol. The molecule has 10 aromatic carbocycles. The molecular weight excluding hydrogens is 787 g/mol. The fraction of sp³-hybridized carbons (Fsp3) is 0.0161. The Labute approximate surface area is 379 Å². The van der Waals surface area contributed by atoms with Crippen molar-refractivity contribution in [2.24, 2.45) is 0 Å². The quantitative estimate of drug-likeness (QED) is 0.153. The van der Waals surface area contributed by atoms with Crippen LogP contribution in [-0.4, -0.2) is 15.0 Å². The lowest BCUT2D eigenvalue weighted by Gasteiger charge is -2.34. The van der Waals surface area contributed by atoms with Gasteiger partial charge in [0, 0.05) is 16.7 Å². The van der Waals surface area contributed by atoms with Gasteiger partial charge in [-0.25, -0.2) is 15.0 Å². The highest BCUT2D eigenvalue weighted by Crippen LogP contribution is 2.59. The Bertz CT molecular complexity index is 3450. The zero-order valence-electron chi connectivity index (χ0n) is 35.5. The average Bonchev–Trinajstić information content (AvgIpc) is 3.71. The van der Waals surface area contributed by atoms with Gasteiger partial charge in [0.2, 0.25) is 0 Å². The molecule has 0 saturated carbocycles. The topological polar surface area (TPSA) is 38.7 Å². The second kappa shape index (κ2) is 16.0. The molecule has 11 aromatic rings. The van der Waals surface area contributed by atoms with Crippen LogP contribution >= 0.6 is 0 Å². The van der Waals surface area contributed by atoms with Crippen LogP contribution in [0.2, 0.25) is 0 Å². The van der Waals surface area contributed by atoms with E-state index in [1.54, 1.807) is 0 Å². The van der Waals surface area contributed by atoms with Crippen molar-refractivity contribution >= 4 is 10.8 Å². The number of nitrogens with zero attached hydrogens (tertiary/aromatic N) is 3. The van der Waals surface area contributed by atoms with Crippen molar-refractivity contribution in [1.82, 2.24) is 15.0 Å². The number of hydrogen-bond donors (Lipinski definition) is 0. The van der Waals surface area contributed by atoms with E-state index in [1.165, 1.54) is 66.4 Å². The van der Waals surface area contributed by atoms with Crippen molar-refractivity contribution in [1.29, 1.82) is 0 Å². The number of aromatic nitrogens is 3. The summed E-state index contributed by atoms with van der Waals surface area (Å²) < 4.78 is 0. The van der Waals surface area contributed by atoms with E-state index in [0.717, 1.165) is 27.8 Å². The van der Waals surface area contributed by atoms with Gasteiger partial charge in [0.1, 0.15) is 0 Å². The van der Waals surface area contributed by atoms with Crippen LogP contribution in [0, 0.1) is 0 Å². The van der Waals surface area contributed by atoms with Gasteiger partial charge in [0.15, 0.2) is 17.5 Å². The third kappa shape index (κ3) is 6.48. The minimum absolute atomic E-state index is 0.491. The van der Waals surface area contributed by atoms with Crippen LogP contribution in [0.3, 0.4) is 0 Å². The lowest BCUT2D eigenvalue weighted by Crippen LogP contribution is -2.28. The van der Waals surface area contributed by atoms with Gasteiger partial charge in [0.05, 0.1) is 5.41 Å². The van der Waals surface area contributed by atoms with Crippen LogP contribution in [0.5, 0.6) is 0 Å². The molecule has 0 aliphatic heterocycles. The molecule has 1 heterocycles. The van der Waals surface area contributed by atoms with Crippen LogP contribution in [0.25, 0.3) is 89.4 Å². The second-order valence-corrected chi connectivity index (χ2v) is 16.7. The summed E-state index contributed by atoms with van der Waals surface area (Å²) in [5.41, 5.74) is 17.0. The highest BCUT2D eigenvalue weighted by molar-refractivity contribution is 6.07. The summed E-state index contributed by atoms with van der Waals surface area (Å²) in [5.74, 6) is 1.90. The van der Waals surface area contributed by atoms with Crippen molar-refractivity contribution < 1.29 is 0 Å². The molecule has 3 nitrogen and oxygen atoms in total. The summed E-state index contributed by atoms with van der Waals surface area (Å²) in [6, 6.07) is 89.1. The molecule has 65 heavy (non-hydrogen) atoms. The molecule has 304 valence electrons. The van der Waals surface area contributed by atoms with Crippen molar-refractivity contribution in [3.8, 4) is 78.7 Å². The lowest BCUT2D eigenvalue weighted by molar-refractivity contribution is 0.768. The number of rotatable bonds is 8. The molecular formula is C62H41N3. The monoisotopic (exact) mass is 827 g/mol. The van der Waals surface area contributed by atoms with Crippen LogP contribution in [0.4, 0.5) is 0 Å². The summed E-state index contributed by atoms with van der Waals surface area (Å²) in [5, 5.41) is 2.39. The molecule has 0 bridgehead atoms. The van der Waals surface area contributed by atoms with Gasteiger partial charge in [-0.3, -0.25) is 0 Å². The molecule has 1 aromatic heterocycles. The molecule has 0 amide bonds. The van der Waals surface area contributed by atoms with Crippen molar-refractivity contribution in [2.45, 2.75) is 5.41 Å². The number of fused-ring (bicyclic) bond motifs is 4. The van der Waals surface area contributed by atoms with Gasteiger partial charge in [-0.1, -0.05) is 249 Å². The Morgan fingerprint density at radius 2 is 0.662 bits per heavy atom. The lowest BCUT2D eigenvalue weighted by atomic mass is 9.67. The Balaban J connectivity index is 1.01. The van der Waals surface area contributed by atoms with Crippen molar-refractivity contribution in [3.63, 3.8) is 0 Å². The normalized spacial score (nSPS) is 12.4. The Morgan fingerprint density at radius 1 is 0.246 bits per heavy atom. The molecule has 0 unspecified atom stereocenters. The van der Waals surface area contributed by atoms with E-state index in [9.17, 15) is 0 Å². The highest BCUT2D eigenvalue weighted by atomic mass is 15.0. The standard InChI is InChI=1S/C62H41N3/c1-5-18-42(19-6-1)43-32-36-47(37-33-43)60-63-59(46-21-7-2-8-22-46)64-61(65-60)48-38-34-45(35-39-48)57-51-27-14-13-20-44(51)40-41-53(57)52-29-17-31-56-58(52)54-28-15-16-30-55(54)62(56,49-23-9-3-10-24-49)50-25-11-4-12-26-50/h1-41H. The van der Waals surface area contributed by atoms with Gasteiger partial charge in [-0.05, 0) is 77.5 Å². The minimum atomic E-state index is -0.491. The maximum atomic E-state index is 5.12. The van der Waals surface area contributed by atoms with E-state index in [4.69, 9.17) is 15.0 Å². The van der Waals surface area contributed by atoms with Crippen LogP contribution in [-0.2, 0) is 5.41 Å². The summed E-state index contributed by atoms with van der Waals surface area (Å²) in [4.78, 5) is 15.2. The summed E-state index contributed by atoms with van der Waals surface area (Å²) in [7, 11) is 0. The number of benzene rings is 10. The molecule has 12 rings (SSSR count). The predicted octanol–water partition coefficient (Wildman–Crippen LogP) is 15.4. The van der Waals surface area contributed by atoms with Crippen molar-refractivity contribution in [2.75, 3.05) is 0 Å². The summed E-state index contributed by atoms with van der Waals surface area (Å²) in [6.07, 6.45) is 0. The van der Waals surface area contributed by atoms with E-state index >= 15 is 0 Å². The van der Waals surface area contributed by atoms with Gasteiger partial charge < -0.3 is 0 Å². The molecule has 0 fully saturated rings. The minimum Gasteiger partial charge on any atom is -0.208 e. The SMILES string of the molecule is c1ccc(-c2ccc(-c3nc(-c4ccccc4)nc(-c4ccc(-c5c(-c6cccc7c6-c6ccccc6C7(c6ccccc6)c6ccccc6)ccc6ccccc56)cc4)n3)cc2)cc1. The van der Waals surface area contributed by atoms with E-state index in [2.05, 4.69) is 224 Å². The fourth-order valence-corrected chi connectivity index (χ4v) is 10.1.